The van der Waals surface area contributed by atoms with Crippen LogP contribution in [0.5, 0.6) is 5.75 Å². The van der Waals surface area contributed by atoms with Crippen molar-refractivity contribution >= 4 is 34.8 Å². The molecule has 10 heteroatoms. The molecule has 0 aliphatic carbocycles. The Morgan fingerprint density at radius 1 is 1.23 bits per heavy atom. The average Bonchev–Trinajstić information content (AvgIpc) is 3.06. The Morgan fingerprint density at radius 2 is 1.90 bits per heavy atom. The molecule has 1 amide bonds. The molecular formula is C20H17Cl2F3N2O3. The molecule has 0 radical (unpaired) electrons. The number of nitrogens with zero attached hydrogens (tertiary/aromatic N) is 2. The van der Waals surface area contributed by atoms with E-state index in [2.05, 4.69) is 5.10 Å². The van der Waals surface area contributed by atoms with Crippen molar-refractivity contribution in [3.05, 3.63) is 63.6 Å². The summed E-state index contributed by atoms with van der Waals surface area (Å²) in [6.45, 7) is 1.13. The maximum absolute atomic E-state index is 13.6. The fraction of sp³-hybridized carbons (Fsp3) is 0.300. The van der Waals surface area contributed by atoms with Gasteiger partial charge < -0.3 is 9.84 Å². The monoisotopic (exact) mass is 460 g/mol. The smallest absolute Gasteiger partial charge is 0.438 e. The lowest BCUT2D eigenvalue weighted by Crippen LogP contribution is -2.57. The summed E-state index contributed by atoms with van der Waals surface area (Å²) in [5.74, 6) is -1.12. The SMILES string of the molecule is CCc1ccc(C2=NN(C(=O)COc3ccc(Cl)cc3Cl)[C@](O)(C(F)(F)F)C2)cc1. The molecule has 0 aromatic heterocycles. The second-order valence-corrected chi connectivity index (χ2v) is 7.50. The first kappa shape index (κ1) is 22.4. The van der Waals surface area contributed by atoms with Crippen molar-refractivity contribution in [1.29, 1.82) is 0 Å². The number of aliphatic hydroxyl groups is 1. The molecule has 30 heavy (non-hydrogen) atoms. The number of benzene rings is 2. The van der Waals surface area contributed by atoms with Crippen molar-refractivity contribution in [2.45, 2.75) is 31.7 Å². The van der Waals surface area contributed by atoms with Gasteiger partial charge in [-0.3, -0.25) is 4.79 Å². The van der Waals surface area contributed by atoms with E-state index in [1.165, 1.54) is 18.2 Å². The third kappa shape index (κ3) is 4.40. The van der Waals surface area contributed by atoms with E-state index in [0.29, 0.717) is 10.6 Å². The molecule has 1 aliphatic rings. The number of halogens is 5. The van der Waals surface area contributed by atoms with E-state index in [-0.39, 0.29) is 21.5 Å². The van der Waals surface area contributed by atoms with Crippen LogP contribution in [0.2, 0.25) is 10.0 Å². The summed E-state index contributed by atoms with van der Waals surface area (Å²) in [7, 11) is 0. The summed E-state index contributed by atoms with van der Waals surface area (Å²) in [6, 6.07) is 10.9. The van der Waals surface area contributed by atoms with E-state index in [1.54, 1.807) is 24.3 Å². The quantitative estimate of drug-likeness (QED) is 0.695. The number of carbonyl (C=O) groups is 1. The lowest BCUT2D eigenvalue weighted by atomic mass is 9.99. The van der Waals surface area contributed by atoms with Gasteiger partial charge in [0.05, 0.1) is 17.2 Å². The van der Waals surface area contributed by atoms with Gasteiger partial charge in [-0.15, -0.1) is 0 Å². The molecule has 1 atom stereocenters. The largest absolute Gasteiger partial charge is 0.482 e. The van der Waals surface area contributed by atoms with E-state index >= 15 is 0 Å². The number of rotatable bonds is 5. The molecule has 0 bridgehead atoms. The summed E-state index contributed by atoms with van der Waals surface area (Å²) >= 11 is 11.7. The number of amides is 1. The minimum Gasteiger partial charge on any atom is -0.482 e. The van der Waals surface area contributed by atoms with E-state index in [0.717, 1.165) is 12.0 Å². The molecule has 160 valence electrons. The van der Waals surface area contributed by atoms with Crippen LogP contribution in [0.25, 0.3) is 0 Å². The molecule has 1 N–H and O–H groups in total. The van der Waals surface area contributed by atoms with Gasteiger partial charge in [-0.25, -0.2) is 0 Å². The number of ether oxygens (including phenoxy) is 1. The number of carbonyl (C=O) groups excluding carboxylic acids is 1. The highest BCUT2D eigenvalue weighted by Crippen LogP contribution is 2.41. The number of hydrogen-bond acceptors (Lipinski definition) is 4. The number of aryl methyl sites for hydroxylation is 1. The Labute approximate surface area is 180 Å². The summed E-state index contributed by atoms with van der Waals surface area (Å²) < 4.78 is 46.1. The standard InChI is InChI=1S/C20H17Cl2F3N2O3/c1-2-12-3-5-13(6-4-12)16-10-19(29,20(23,24)25)27(26-16)18(28)11-30-17-8-7-14(21)9-15(17)22/h3-9,29H,2,10-11H2,1H3/t19-/m1/s1. The Hall–Kier alpha value is -2.29. The fourth-order valence-corrected chi connectivity index (χ4v) is 3.38. The van der Waals surface area contributed by atoms with Crippen LogP contribution in [0.4, 0.5) is 13.2 Å². The first-order valence-electron chi connectivity index (χ1n) is 8.92. The molecule has 5 nitrogen and oxygen atoms in total. The van der Waals surface area contributed by atoms with Crippen LogP contribution in [-0.2, 0) is 11.2 Å². The summed E-state index contributed by atoms with van der Waals surface area (Å²) in [5.41, 5.74) is -2.16. The van der Waals surface area contributed by atoms with Crippen LogP contribution < -0.4 is 4.74 Å². The molecule has 1 aliphatic heterocycles. The predicted octanol–water partition coefficient (Wildman–Crippen LogP) is 4.82. The van der Waals surface area contributed by atoms with E-state index < -0.39 is 30.8 Å². The third-order valence-corrected chi connectivity index (χ3v) is 5.15. The molecule has 2 aromatic carbocycles. The van der Waals surface area contributed by atoms with Crippen LogP contribution in [0.3, 0.4) is 0 Å². The molecule has 3 rings (SSSR count). The number of hydrogen-bond donors (Lipinski definition) is 1. The van der Waals surface area contributed by atoms with Crippen LogP contribution in [0.1, 0.15) is 24.5 Å². The normalized spacial score (nSPS) is 19.0. The topological polar surface area (TPSA) is 62.1 Å². The van der Waals surface area contributed by atoms with Gasteiger partial charge >= 0.3 is 6.18 Å². The van der Waals surface area contributed by atoms with Crippen LogP contribution in [0, 0.1) is 0 Å². The van der Waals surface area contributed by atoms with Gasteiger partial charge in [0.25, 0.3) is 11.6 Å². The maximum atomic E-state index is 13.6. The molecule has 2 aromatic rings. The van der Waals surface area contributed by atoms with Crippen molar-refractivity contribution in [1.82, 2.24) is 5.01 Å². The average molecular weight is 461 g/mol. The van der Waals surface area contributed by atoms with Crippen LogP contribution >= 0.6 is 23.2 Å². The molecule has 0 saturated carbocycles. The third-order valence-electron chi connectivity index (χ3n) is 4.62. The summed E-state index contributed by atoms with van der Waals surface area (Å²) in [4.78, 5) is 12.5. The van der Waals surface area contributed by atoms with Gasteiger partial charge in [0, 0.05) is 5.02 Å². The molecular weight excluding hydrogens is 444 g/mol. The second kappa shape index (κ2) is 8.45. The number of hydrazone groups is 1. The van der Waals surface area contributed by atoms with Crippen LogP contribution in [0.15, 0.2) is 47.6 Å². The molecule has 0 fully saturated rings. The zero-order valence-electron chi connectivity index (χ0n) is 15.7. The van der Waals surface area contributed by atoms with E-state index in [9.17, 15) is 23.1 Å². The van der Waals surface area contributed by atoms with Gasteiger partial charge in [0.15, 0.2) is 6.61 Å². The van der Waals surface area contributed by atoms with Crippen LogP contribution in [-0.4, -0.2) is 40.2 Å². The van der Waals surface area contributed by atoms with Gasteiger partial charge in [-0.2, -0.15) is 23.3 Å². The van der Waals surface area contributed by atoms with Crippen molar-refractivity contribution in [3.63, 3.8) is 0 Å². The van der Waals surface area contributed by atoms with Crippen molar-refractivity contribution < 1.29 is 27.8 Å². The molecule has 0 saturated heterocycles. The predicted molar refractivity (Wildman–Crippen MR) is 107 cm³/mol. The lowest BCUT2D eigenvalue weighted by molar-refractivity contribution is -0.302. The zero-order valence-corrected chi connectivity index (χ0v) is 17.2. The highest BCUT2D eigenvalue weighted by molar-refractivity contribution is 6.35. The first-order chi connectivity index (χ1) is 14.0. The van der Waals surface area contributed by atoms with Gasteiger partial charge in [-0.1, -0.05) is 54.4 Å². The first-order valence-corrected chi connectivity index (χ1v) is 9.67. The van der Waals surface area contributed by atoms with Crippen molar-refractivity contribution in [3.8, 4) is 5.75 Å². The maximum Gasteiger partial charge on any atom is 0.438 e. The Morgan fingerprint density at radius 3 is 2.47 bits per heavy atom. The molecule has 0 unspecified atom stereocenters. The highest BCUT2D eigenvalue weighted by Gasteiger charge is 2.63. The minimum atomic E-state index is -5.13. The van der Waals surface area contributed by atoms with Crippen molar-refractivity contribution in [2.24, 2.45) is 5.10 Å². The lowest BCUT2D eigenvalue weighted by Gasteiger charge is -2.32. The second-order valence-electron chi connectivity index (χ2n) is 6.66. The Kier molecular flexibility index (Phi) is 6.31. The highest BCUT2D eigenvalue weighted by atomic mass is 35.5. The van der Waals surface area contributed by atoms with E-state index in [4.69, 9.17) is 27.9 Å². The Balaban J connectivity index is 1.85. The molecule has 1 heterocycles. The number of alkyl halides is 3. The summed E-state index contributed by atoms with van der Waals surface area (Å²) in [5, 5.41) is 14.6. The minimum absolute atomic E-state index is 0.0277. The van der Waals surface area contributed by atoms with E-state index in [1.807, 2.05) is 6.92 Å². The van der Waals surface area contributed by atoms with Gasteiger partial charge in [-0.05, 0) is 35.7 Å². The van der Waals surface area contributed by atoms with Crippen molar-refractivity contribution in [2.75, 3.05) is 6.61 Å². The fourth-order valence-electron chi connectivity index (χ4n) is 2.92. The zero-order chi connectivity index (χ0) is 22.1. The van der Waals surface area contributed by atoms with Gasteiger partial charge in [0.1, 0.15) is 5.75 Å². The van der Waals surface area contributed by atoms with Gasteiger partial charge in [0.2, 0.25) is 0 Å². The molecule has 0 spiro atoms. The summed E-state index contributed by atoms with van der Waals surface area (Å²) in [6.07, 6.45) is -5.26. The Bertz CT molecular complexity index is 980.